The number of benzene rings is 2. The second-order valence-electron chi connectivity index (χ2n) is 5.81. The summed E-state index contributed by atoms with van der Waals surface area (Å²) in [5.74, 6) is -0.0821. The third-order valence-electron chi connectivity index (χ3n) is 4.02. The fourth-order valence-corrected chi connectivity index (χ4v) is 2.91. The fourth-order valence-electron chi connectivity index (χ4n) is 2.68. The molecular formula is C17H16ClNO2. The van der Waals surface area contributed by atoms with Gasteiger partial charge in [-0.3, -0.25) is 4.79 Å². The van der Waals surface area contributed by atoms with Crippen molar-refractivity contribution in [2.75, 3.05) is 5.32 Å². The molecule has 0 saturated heterocycles. The Morgan fingerprint density at radius 3 is 2.52 bits per heavy atom. The number of nitrogens with one attached hydrogen (secondary N) is 1. The minimum Gasteiger partial charge on any atom is -0.384 e. The summed E-state index contributed by atoms with van der Waals surface area (Å²) in [6, 6.07) is 12.8. The summed E-state index contributed by atoms with van der Waals surface area (Å²) < 4.78 is 0. The van der Waals surface area contributed by atoms with Crippen LogP contribution in [0.1, 0.15) is 36.6 Å². The first-order valence-electron chi connectivity index (χ1n) is 6.79. The lowest BCUT2D eigenvalue weighted by molar-refractivity contribution is -0.119. The van der Waals surface area contributed by atoms with Crippen LogP contribution in [-0.4, -0.2) is 11.0 Å². The molecule has 0 aliphatic carbocycles. The monoisotopic (exact) mass is 301 g/mol. The molecule has 2 aromatic rings. The SMILES string of the molecule is CC1(C)C(=O)Nc2c(C(O)c3ccccc3)cc(Cl)cc21. The number of carbonyl (C=O) groups excluding carboxylic acids is 1. The number of hydrogen-bond donors (Lipinski definition) is 2. The number of aliphatic hydroxyl groups excluding tert-OH is 1. The number of aliphatic hydroxyl groups is 1. The first kappa shape index (κ1) is 14.1. The Morgan fingerprint density at radius 1 is 1.19 bits per heavy atom. The van der Waals surface area contributed by atoms with E-state index in [1.54, 1.807) is 12.1 Å². The van der Waals surface area contributed by atoms with E-state index in [0.717, 1.165) is 11.1 Å². The summed E-state index contributed by atoms with van der Waals surface area (Å²) in [6.45, 7) is 3.70. The molecular weight excluding hydrogens is 286 g/mol. The van der Waals surface area contributed by atoms with Gasteiger partial charge in [0.05, 0.1) is 11.1 Å². The summed E-state index contributed by atoms with van der Waals surface area (Å²) in [5, 5.41) is 14.0. The van der Waals surface area contributed by atoms with E-state index < -0.39 is 11.5 Å². The normalized spacial score (nSPS) is 17.2. The average Bonchev–Trinajstić information content (AvgIpc) is 2.69. The lowest BCUT2D eigenvalue weighted by Gasteiger charge is -2.18. The van der Waals surface area contributed by atoms with Crippen molar-refractivity contribution in [2.24, 2.45) is 0 Å². The van der Waals surface area contributed by atoms with Crippen LogP contribution < -0.4 is 5.32 Å². The lowest BCUT2D eigenvalue weighted by Crippen LogP contribution is -2.26. The van der Waals surface area contributed by atoms with E-state index in [9.17, 15) is 9.90 Å². The van der Waals surface area contributed by atoms with Crippen LogP contribution in [0, 0.1) is 0 Å². The number of fused-ring (bicyclic) bond motifs is 1. The second kappa shape index (κ2) is 4.86. The van der Waals surface area contributed by atoms with Gasteiger partial charge in [-0.25, -0.2) is 0 Å². The highest BCUT2D eigenvalue weighted by atomic mass is 35.5. The standard InChI is InChI=1S/C17H16ClNO2/c1-17(2)13-9-11(18)8-12(14(13)19-16(17)21)15(20)10-6-4-3-5-7-10/h3-9,15,20H,1-2H3,(H,19,21). The molecule has 0 radical (unpaired) electrons. The Balaban J connectivity index is 2.16. The predicted molar refractivity (Wildman–Crippen MR) is 83.6 cm³/mol. The first-order chi connectivity index (χ1) is 9.91. The second-order valence-corrected chi connectivity index (χ2v) is 6.25. The molecule has 0 spiro atoms. The van der Waals surface area contributed by atoms with Gasteiger partial charge in [0.1, 0.15) is 6.10 Å². The highest BCUT2D eigenvalue weighted by Gasteiger charge is 2.40. The van der Waals surface area contributed by atoms with Crippen molar-refractivity contribution in [1.82, 2.24) is 0 Å². The first-order valence-corrected chi connectivity index (χ1v) is 7.17. The van der Waals surface area contributed by atoms with Crippen LogP contribution in [0.15, 0.2) is 42.5 Å². The van der Waals surface area contributed by atoms with Gasteiger partial charge >= 0.3 is 0 Å². The van der Waals surface area contributed by atoms with Gasteiger partial charge in [-0.1, -0.05) is 41.9 Å². The van der Waals surface area contributed by atoms with Crippen LogP contribution in [-0.2, 0) is 10.2 Å². The Kier molecular flexibility index (Phi) is 3.27. The number of rotatable bonds is 2. The zero-order valence-electron chi connectivity index (χ0n) is 11.9. The van der Waals surface area contributed by atoms with Gasteiger partial charge in [0, 0.05) is 10.6 Å². The molecule has 0 aromatic heterocycles. The van der Waals surface area contributed by atoms with Gasteiger partial charge in [-0.05, 0) is 37.1 Å². The van der Waals surface area contributed by atoms with Gasteiger partial charge in [0.2, 0.25) is 5.91 Å². The predicted octanol–water partition coefficient (Wildman–Crippen LogP) is 3.65. The molecule has 2 aromatic carbocycles. The molecule has 0 fully saturated rings. The molecule has 1 amide bonds. The number of carbonyl (C=O) groups is 1. The third-order valence-corrected chi connectivity index (χ3v) is 4.24. The lowest BCUT2D eigenvalue weighted by atomic mass is 9.84. The topological polar surface area (TPSA) is 49.3 Å². The number of anilines is 1. The molecule has 1 aliphatic rings. The van der Waals surface area contributed by atoms with E-state index >= 15 is 0 Å². The maximum Gasteiger partial charge on any atom is 0.234 e. The Hall–Kier alpha value is -1.84. The third kappa shape index (κ3) is 2.23. The minimum absolute atomic E-state index is 0.0821. The van der Waals surface area contributed by atoms with Gasteiger partial charge in [0.25, 0.3) is 0 Å². The molecule has 3 nitrogen and oxygen atoms in total. The summed E-state index contributed by atoms with van der Waals surface area (Å²) in [4.78, 5) is 12.1. The largest absolute Gasteiger partial charge is 0.384 e. The maximum atomic E-state index is 12.1. The summed E-state index contributed by atoms with van der Waals surface area (Å²) in [5.41, 5.74) is 2.24. The summed E-state index contributed by atoms with van der Waals surface area (Å²) in [7, 11) is 0. The zero-order valence-corrected chi connectivity index (χ0v) is 12.6. The smallest absolute Gasteiger partial charge is 0.234 e. The molecule has 2 N–H and O–H groups in total. The van der Waals surface area contributed by atoms with Crippen molar-refractivity contribution in [3.63, 3.8) is 0 Å². The zero-order chi connectivity index (χ0) is 15.2. The Bertz CT molecular complexity index is 710. The molecule has 21 heavy (non-hydrogen) atoms. The fraction of sp³-hybridized carbons (Fsp3) is 0.235. The number of hydrogen-bond acceptors (Lipinski definition) is 2. The van der Waals surface area contributed by atoms with Crippen LogP contribution in [0.2, 0.25) is 5.02 Å². The molecule has 0 saturated carbocycles. The van der Waals surface area contributed by atoms with E-state index in [4.69, 9.17) is 11.6 Å². The molecule has 1 unspecified atom stereocenters. The quantitative estimate of drug-likeness (QED) is 0.889. The van der Waals surface area contributed by atoms with E-state index in [1.807, 2.05) is 44.2 Å². The van der Waals surface area contributed by atoms with Crippen LogP contribution in [0.25, 0.3) is 0 Å². The van der Waals surface area contributed by atoms with E-state index in [0.29, 0.717) is 16.3 Å². The van der Waals surface area contributed by atoms with Crippen LogP contribution >= 0.6 is 11.6 Å². The van der Waals surface area contributed by atoms with Gasteiger partial charge in [-0.2, -0.15) is 0 Å². The molecule has 4 heteroatoms. The van der Waals surface area contributed by atoms with Crippen molar-refractivity contribution >= 4 is 23.2 Å². The van der Waals surface area contributed by atoms with Gasteiger partial charge in [0.15, 0.2) is 0 Å². The highest BCUT2D eigenvalue weighted by molar-refractivity contribution is 6.31. The van der Waals surface area contributed by atoms with E-state index in [1.165, 1.54) is 0 Å². The molecule has 1 heterocycles. The maximum absolute atomic E-state index is 12.1. The summed E-state index contributed by atoms with van der Waals surface area (Å²) in [6.07, 6.45) is -0.826. The highest BCUT2D eigenvalue weighted by Crippen LogP contribution is 2.44. The van der Waals surface area contributed by atoms with Crippen LogP contribution in [0.3, 0.4) is 0 Å². The van der Waals surface area contributed by atoms with Crippen molar-refractivity contribution in [1.29, 1.82) is 0 Å². The molecule has 108 valence electrons. The molecule has 1 aliphatic heterocycles. The van der Waals surface area contributed by atoms with Crippen molar-refractivity contribution in [3.8, 4) is 0 Å². The number of amides is 1. The van der Waals surface area contributed by atoms with Gasteiger partial charge < -0.3 is 10.4 Å². The minimum atomic E-state index is -0.826. The van der Waals surface area contributed by atoms with Crippen molar-refractivity contribution < 1.29 is 9.90 Å². The van der Waals surface area contributed by atoms with Crippen LogP contribution in [0.4, 0.5) is 5.69 Å². The van der Waals surface area contributed by atoms with Crippen molar-refractivity contribution in [2.45, 2.75) is 25.4 Å². The molecule has 3 rings (SSSR count). The summed E-state index contributed by atoms with van der Waals surface area (Å²) >= 11 is 6.18. The Labute approximate surface area is 128 Å². The molecule has 1 atom stereocenters. The van der Waals surface area contributed by atoms with Gasteiger partial charge in [-0.15, -0.1) is 0 Å². The Morgan fingerprint density at radius 2 is 1.86 bits per heavy atom. The van der Waals surface area contributed by atoms with Crippen molar-refractivity contribution in [3.05, 3.63) is 64.2 Å². The molecule has 0 bridgehead atoms. The van der Waals surface area contributed by atoms with Crippen LogP contribution in [0.5, 0.6) is 0 Å². The van der Waals surface area contributed by atoms with E-state index in [-0.39, 0.29) is 5.91 Å². The average molecular weight is 302 g/mol. The number of halogens is 1. The van der Waals surface area contributed by atoms with E-state index in [2.05, 4.69) is 5.32 Å².